The van der Waals surface area contributed by atoms with Gasteiger partial charge in [-0.05, 0) is 79.5 Å². The smallest absolute Gasteiger partial charge is 0.341 e. The van der Waals surface area contributed by atoms with Crippen LogP contribution in [-0.4, -0.2) is 27.9 Å². The van der Waals surface area contributed by atoms with Gasteiger partial charge in [-0.2, -0.15) is 10.2 Å². The highest BCUT2D eigenvalue weighted by molar-refractivity contribution is 7.17. The number of carbonyl (C=O) groups excluding carboxylic acids is 2. The van der Waals surface area contributed by atoms with Crippen molar-refractivity contribution in [3.8, 4) is 17.7 Å². The number of aromatic nitrogens is 2. The minimum absolute atomic E-state index is 0.0425. The molecule has 0 aliphatic heterocycles. The maximum Gasteiger partial charge on any atom is 0.341 e. The van der Waals surface area contributed by atoms with Gasteiger partial charge < -0.3 is 14.8 Å². The van der Waals surface area contributed by atoms with Crippen LogP contribution in [0.2, 0.25) is 0 Å². The second-order valence-corrected chi connectivity index (χ2v) is 12.3. The van der Waals surface area contributed by atoms with E-state index in [1.54, 1.807) is 43.5 Å². The van der Waals surface area contributed by atoms with Gasteiger partial charge in [-0.1, -0.05) is 39.0 Å². The minimum atomic E-state index is -0.760. The molecule has 0 radical (unpaired) electrons. The summed E-state index contributed by atoms with van der Waals surface area (Å²) in [4.78, 5) is 45.5. The van der Waals surface area contributed by atoms with E-state index in [1.807, 2.05) is 18.2 Å². The van der Waals surface area contributed by atoms with Crippen LogP contribution >= 0.6 is 11.3 Å². The van der Waals surface area contributed by atoms with Crippen LogP contribution in [0.15, 0.2) is 59.0 Å². The number of nitrogens with zero attached hydrogens (tertiary/aromatic N) is 3. The molecule has 43 heavy (non-hydrogen) atoms. The lowest BCUT2D eigenvalue weighted by Gasteiger charge is -2.19. The van der Waals surface area contributed by atoms with Gasteiger partial charge in [-0.15, -0.1) is 11.3 Å². The molecule has 1 amide bonds. The summed E-state index contributed by atoms with van der Waals surface area (Å²) in [6.45, 7) is 8.23. The Morgan fingerprint density at radius 2 is 1.88 bits per heavy atom. The van der Waals surface area contributed by atoms with Crippen LogP contribution < -0.4 is 15.6 Å². The zero-order valence-electron chi connectivity index (χ0n) is 24.5. The summed E-state index contributed by atoms with van der Waals surface area (Å²) in [6, 6.07) is 14.4. The summed E-state index contributed by atoms with van der Waals surface area (Å²) in [5.41, 5.74) is 1.70. The van der Waals surface area contributed by atoms with Crippen molar-refractivity contribution in [2.75, 3.05) is 11.9 Å². The van der Waals surface area contributed by atoms with E-state index in [4.69, 9.17) is 9.47 Å². The highest BCUT2D eigenvalue weighted by atomic mass is 32.1. The average Bonchev–Trinajstić information content (AvgIpc) is 3.35. The number of rotatable bonds is 7. The molecule has 0 fully saturated rings. The standard InChI is InChI=1S/C33H32N4O5S/c1-5-41-32(40)27-23-10-6-7-11-25(23)43-30(27)36-28(38)20(19-34)18-24-29(35-26-12-8-9-17-37(26)31(24)39)42-22-15-13-21(14-16-22)33(2,3)4/h8-9,12-18H,5-7,10-11H2,1-4H3,(H,36,38)/b20-18+. The molecule has 0 atom stereocenters. The van der Waals surface area contributed by atoms with Crippen LogP contribution in [0.5, 0.6) is 11.6 Å². The fourth-order valence-corrected chi connectivity index (χ4v) is 6.23. The van der Waals surface area contributed by atoms with E-state index in [9.17, 15) is 19.6 Å². The lowest BCUT2D eigenvalue weighted by Crippen LogP contribution is -2.20. The number of carbonyl (C=O) groups is 2. The topological polar surface area (TPSA) is 123 Å². The first-order valence-corrected chi connectivity index (χ1v) is 15.0. The quantitative estimate of drug-likeness (QED) is 0.148. The van der Waals surface area contributed by atoms with E-state index in [1.165, 1.54) is 21.8 Å². The number of nitriles is 1. The number of amides is 1. The predicted molar refractivity (Wildman–Crippen MR) is 166 cm³/mol. The monoisotopic (exact) mass is 596 g/mol. The Bertz CT molecular complexity index is 1840. The number of aryl methyl sites for hydroxylation is 1. The second-order valence-electron chi connectivity index (χ2n) is 11.2. The van der Waals surface area contributed by atoms with Crippen molar-refractivity contribution < 1.29 is 19.1 Å². The molecule has 1 N–H and O–H groups in total. The van der Waals surface area contributed by atoms with Gasteiger partial charge in [0.15, 0.2) is 0 Å². The van der Waals surface area contributed by atoms with Gasteiger partial charge in [0.2, 0.25) is 5.88 Å². The summed E-state index contributed by atoms with van der Waals surface area (Å²) in [5.74, 6) is -0.866. The molecule has 1 aliphatic carbocycles. The number of nitrogens with one attached hydrogen (secondary N) is 1. The molecule has 10 heteroatoms. The van der Waals surface area contributed by atoms with Gasteiger partial charge in [0.05, 0.1) is 12.2 Å². The third-order valence-corrected chi connectivity index (χ3v) is 8.41. The molecule has 1 aliphatic rings. The number of benzene rings is 1. The number of thiophene rings is 1. The van der Waals surface area contributed by atoms with Gasteiger partial charge in [0.25, 0.3) is 11.5 Å². The molecule has 0 unspecified atom stereocenters. The van der Waals surface area contributed by atoms with E-state index < -0.39 is 17.4 Å². The van der Waals surface area contributed by atoms with Crippen LogP contribution in [-0.2, 0) is 27.8 Å². The number of anilines is 1. The Balaban J connectivity index is 1.54. The van der Waals surface area contributed by atoms with Crippen LogP contribution in [0.4, 0.5) is 5.00 Å². The summed E-state index contributed by atoms with van der Waals surface area (Å²) in [6.07, 6.45) is 6.19. The Morgan fingerprint density at radius 1 is 1.14 bits per heavy atom. The van der Waals surface area contributed by atoms with Gasteiger partial charge in [0, 0.05) is 11.1 Å². The van der Waals surface area contributed by atoms with E-state index >= 15 is 0 Å². The summed E-state index contributed by atoms with van der Waals surface area (Å²) >= 11 is 1.32. The molecule has 0 saturated carbocycles. The molecule has 0 bridgehead atoms. The van der Waals surface area contributed by atoms with E-state index in [2.05, 4.69) is 31.1 Å². The molecule has 220 valence electrons. The molecule has 4 aromatic rings. The van der Waals surface area contributed by atoms with Crippen molar-refractivity contribution in [1.29, 1.82) is 5.26 Å². The lowest BCUT2D eigenvalue weighted by atomic mass is 9.87. The van der Waals surface area contributed by atoms with Crippen LogP contribution in [0, 0.1) is 11.3 Å². The molecule has 0 saturated heterocycles. The Kier molecular flexibility index (Phi) is 8.46. The fourth-order valence-electron chi connectivity index (χ4n) is 4.95. The molecule has 1 aromatic carbocycles. The number of hydrogen-bond acceptors (Lipinski definition) is 8. The number of esters is 1. The zero-order valence-corrected chi connectivity index (χ0v) is 25.3. The zero-order chi connectivity index (χ0) is 30.7. The Morgan fingerprint density at radius 3 is 2.58 bits per heavy atom. The Hall–Kier alpha value is -4.75. The van der Waals surface area contributed by atoms with Gasteiger partial charge in [-0.25, -0.2) is 4.79 Å². The van der Waals surface area contributed by atoms with Crippen molar-refractivity contribution >= 4 is 39.9 Å². The largest absolute Gasteiger partial charge is 0.462 e. The van der Waals surface area contributed by atoms with Crippen LogP contribution in [0.3, 0.4) is 0 Å². The summed E-state index contributed by atoms with van der Waals surface area (Å²) in [5, 5.41) is 13.1. The van der Waals surface area contributed by atoms with Crippen molar-refractivity contribution in [1.82, 2.24) is 9.38 Å². The number of ether oxygens (including phenoxy) is 2. The molecule has 0 spiro atoms. The first-order valence-electron chi connectivity index (χ1n) is 14.1. The van der Waals surface area contributed by atoms with Gasteiger partial charge >= 0.3 is 5.97 Å². The first kappa shape index (κ1) is 29.7. The SMILES string of the molecule is CCOC(=O)c1c(NC(=O)/C(C#N)=C/c2c(Oc3ccc(C(C)(C)C)cc3)nc3ccccn3c2=O)sc2c1CCCC2. The van der Waals surface area contributed by atoms with Crippen molar-refractivity contribution in [2.45, 2.75) is 58.8 Å². The molecular formula is C33H32N4O5S. The molecule has 5 rings (SSSR count). The number of pyridine rings is 1. The highest BCUT2D eigenvalue weighted by Crippen LogP contribution is 2.39. The lowest BCUT2D eigenvalue weighted by molar-refractivity contribution is -0.112. The predicted octanol–water partition coefficient (Wildman–Crippen LogP) is 6.45. The molecule has 3 aromatic heterocycles. The third-order valence-electron chi connectivity index (χ3n) is 7.20. The molecular weight excluding hydrogens is 564 g/mol. The number of fused-ring (bicyclic) bond motifs is 2. The third kappa shape index (κ3) is 6.22. The van der Waals surface area contributed by atoms with Gasteiger partial charge in [0.1, 0.15) is 33.6 Å². The summed E-state index contributed by atoms with van der Waals surface area (Å²) in [7, 11) is 0. The normalized spacial score (nSPS) is 13.2. The fraction of sp³-hybridized carbons (Fsp3) is 0.303. The van der Waals surface area contributed by atoms with Crippen LogP contribution in [0.25, 0.3) is 11.7 Å². The van der Waals surface area contributed by atoms with E-state index in [-0.39, 0.29) is 29.0 Å². The average molecular weight is 597 g/mol. The first-order chi connectivity index (χ1) is 20.6. The van der Waals surface area contributed by atoms with E-state index in [0.717, 1.165) is 35.3 Å². The maximum atomic E-state index is 13.6. The molecule has 9 nitrogen and oxygen atoms in total. The summed E-state index contributed by atoms with van der Waals surface area (Å²) < 4.78 is 12.7. The Labute approximate surface area is 253 Å². The van der Waals surface area contributed by atoms with Crippen molar-refractivity contribution in [2.24, 2.45) is 0 Å². The van der Waals surface area contributed by atoms with Gasteiger partial charge in [-0.3, -0.25) is 14.0 Å². The number of hydrogen-bond donors (Lipinski definition) is 1. The minimum Gasteiger partial charge on any atom is -0.462 e. The van der Waals surface area contributed by atoms with Crippen molar-refractivity contribution in [3.05, 3.63) is 91.7 Å². The van der Waals surface area contributed by atoms with Crippen molar-refractivity contribution in [3.63, 3.8) is 0 Å². The van der Waals surface area contributed by atoms with Crippen LogP contribution in [0.1, 0.15) is 72.5 Å². The second kappa shape index (κ2) is 12.2. The molecule has 3 heterocycles. The van der Waals surface area contributed by atoms with E-state index in [0.29, 0.717) is 28.4 Å². The highest BCUT2D eigenvalue weighted by Gasteiger charge is 2.28. The maximum absolute atomic E-state index is 13.6.